The molecule has 5 nitrogen and oxygen atoms in total. The summed E-state index contributed by atoms with van der Waals surface area (Å²) in [4.78, 5) is 17.3. The standard InChI is InChI=1S/C12H19N3O2/c1-4-13-12(17)8-15(3)11-6-5-10(7-14-11)9(2)16/h5-7,9,16H,4,8H2,1-3H3,(H,13,17)/t9-/m1/s1. The molecule has 2 N–H and O–H groups in total. The average molecular weight is 237 g/mol. The fourth-order valence-electron chi connectivity index (χ4n) is 1.42. The van der Waals surface area contributed by atoms with E-state index in [9.17, 15) is 9.90 Å². The van der Waals surface area contributed by atoms with Gasteiger partial charge in [-0.15, -0.1) is 0 Å². The van der Waals surface area contributed by atoms with E-state index in [1.807, 2.05) is 6.92 Å². The van der Waals surface area contributed by atoms with Crippen molar-refractivity contribution in [2.45, 2.75) is 20.0 Å². The fraction of sp³-hybridized carbons (Fsp3) is 0.500. The van der Waals surface area contributed by atoms with Gasteiger partial charge >= 0.3 is 0 Å². The zero-order chi connectivity index (χ0) is 12.8. The predicted molar refractivity (Wildman–Crippen MR) is 66.8 cm³/mol. The van der Waals surface area contributed by atoms with Crippen LogP contribution in [0.25, 0.3) is 0 Å². The van der Waals surface area contributed by atoms with Gasteiger partial charge in [-0.2, -0.15) is 0 Å². The Kier molecular flexibility index (Phi) is 4.90. The zero-order valence-corrected chi connectivity index (χ0v) is 10.5. The predicted octanol–water partition coefficient (Wildman–Crippen LogP) is 0.707. The van der Waals surface area contributed by atoms with E-state index in [1.165, 1.54) is 0 Å². The lowest BCUT2D eigenvalue weighted by Gasteiger charge is -2.17. The highest BCUT2D eigenvalue weighted by molar-refractivity contribution is 5.80. The van der Waals surface area contributed by atoms with Gasteiger partial charge in [0.2, 0.25) is 5.91 Å². The van der Waals surface area contributed by atoms with Crippen molar-refractivity contribution in [1.29, 1.82) is 0 Å². The van der Waals surface area contributed by atoms with Gasteiger partial charge in [-0.25, -0.2) is 4.98 Å². The van der Waals surface area contributed by atoms with Crippen molar-refractivity contribution in [3.8, 4) is 0 Å². The molecule has 5 heteroatoms. The first-order chi connectivity index (χ1) is 8.04. The van der Waals surface area contributed by atoms with Gasteiger partial charge in [0.1, 0.15) is 5.82 Å². The van der Waals surface area contributed by atoms with Gasteiger partial charge in [0.25, 0.3) is 0 Å². The Labute approximate surface area is 101 Å². The highest BCUT2D eigenvalue weighted by Crippen LogP contribution is 2.14. The number of likely N-dealkylation sites (N-methyl/N-ethyl adjacent to an activating group) is 2. The van der Waals surface area contributed by atoms with Crippen molar-refractivity contribution in [2.24, 2.45) is 0 Å². The van der Waals surface area contributed by atoms with E-state index in [1.54, 1.807) is 37.2 Å². The quantitative estimate of drug-likeness (QED) is 0.791. The first-order valence-corrected chi connectivity index (χ1v) is 5.66. The minimum atomic E-state index is -0.523. The number of carbonyl (C=O) groups is 1. The van der Waals surface area contributed by atoms with E-state index in [-0.39, 0.29) is 12.5 Å². The Morgan fingerprint density at radius 3 is 2.76 bits per heavy atom. The number of nitrogens with one attached hydrogen (secondary N) is 1. The molecule has 0 aliphatic rings. The summed E-state index contributed by atoms with van der Waals surface area (Å²) in [6.07, 6.45) is 1.10. The molecule has 1 atom stereocenters. The van der Waals surface area contributed by atoms with Gasteiger partial charge in [-0.3, -0.25) is 4.79 Å². The number of aromatic nitrogens is 1. The maximum Gasteiger partial charge on any atom is 0.239 e. The number of nitrogens with zero attached hydrogens (tertiary/aromatic N) is 2. The molecule has 0 saturated carbocycles. The third-order valence-electron chi connectivity index (χ3n) is 2.40. The second kappa shape index (κ2) is 6.20. The fourth-order valence-corrected chi connectivity index (χ4v) is 1.42. The molecular formula is C12H19N3O2. The van der Waals surface area contributed by atoms with Crippen molar-refractivity contribution in [3.63, 3.8) is 0 Å². The Hall–Kier alpha value is -1.62. The molecule has 0 radical (unpaired) electrons. The maximum atomic E-state index is 11.4. The molecule has 0 spiro atoms. The van der Waals surface area contributed by atoms with Crippen LogP contribution in [-0.2, 0) is 4.79 Å². The topological polar surface area (TPSA) is 65.5 Å². The summed E-state index contributed by atoms with van der Waals surface area (Å²) in [6.45, 7) is 4.47. The van der Waals surface area contributed by atoms with E-state index in [2.05, 4.69) is 10.3 Å². The van der Waals surface area contributed by atoms with Crippen LogP contribution in [0.2, 0.25) is 0 Å². The normalized spacial score (nSPS) is 12.0. The summed E-state index contributed by atoms with van der Waals surface area (Å²) >= 11 is 0. The monoisotopic (exact) mass is 237 g/mol. The molecule has 94 valence electrons. The summed E-state index contributed by atoms with van der Waals surface area (Å²) in [6, 6.07) is 3.60. The number of hydrogen-bond acceptors (Lipinski definition) is 4. The SMILES string of the molecule is CCNC(=O)CN(C)c1ccc([C@@H](C)O)cn1. The van der Waals surface area contributed by atoms with Crippen LogP contribution in [0.15, 0.2) is 18.3 Å². The van der Waals surface area contributed by atoms with E-state index in [0.717, 1.165) is 5.56 Å². The van der Waals surface area contributed by atoms with E-state index in [0.29, 0.717) is 12.4 Å². The largest absolute Gasteiger partial charge is 0.389 e. The zero-order valence-electron chi connectivity index (χ0n) is 10.5. The summed E-state index contributed by atoms with van der Waals surface area (Å²) in [5.41, 5.74) is 0.764. The van der Waals surface area contributed by atoms with Gasteiger partial charge in [0.05, 0.1) is 12.6 Å². The molecule has 0 bridgehead atoms. The third kappa shape index (κ3) is 4.03. The van der Waals surface area contributed by atoms with Crippen LogP contribution in [0.3, 0.4) is 0 Å². The second-order valence-corrected chi connectivity index (χ2v) is 3.94. The van der Waals surface area contributed by atoms with Crippen molar-refractivity contribution in [3.05, 3.63) is 23.9 Å². The van der Waals surface area contributed by atoms with Crippen LogP contribution in [0.4, 0.5) is 5.82 Å². The van der Waals surface area contributed by atoms with E-state index in [4.69, 9.17) is 0 Å². The minimum absolute atomic E-state index is 0.0311. The molecule has 0 aliphatic heterocycles. The third-order valence-corrected chi connectivity index (χ3v) is 2.40. The molecule has 0 fully saturated rings. The molecule has 0 saturated heterocycles. The van der Waals surface area contributed by atoms with Crippen molar-refractivity contribution in [1.82, 2.24) is 10.3 Å². The summed E-state index contributed by atoms with van der Waals surface area (Å²) in [5.74, 6) is 0.678. The molecule has 1 aromatic rings. The summed E-state index contributed by atoms with van der Waals surface area (Å²) in [7, 11) is 1.81. The summed E-state index contributed by atoms with van der Waals surface area (Å²) < 4.78 is 0. The Bertz CT molecular complexity index is 363. The Morgan fingerprint density at radius 2 is 2.29 bits per heavy atom. The van der Waals surface area contributed by atoms with Crippen LogP contribution in [0.5, 0.6) is 0 Å². The van der Waals surface area contributed by atoms with Crippen LogP contribution in [0.1, 0.15) is 25.5 Å². The van der Waals surface area contributed by atoms with Crippen LogP contribution >= 0.6 is 0 Å². The van der Waals surface area contributed by atoms with Crippen LogP contribution < -0.4 is 10.2 Å². The number of anilines is 1. The first-order valence-electron chi connectivity index (χ1n) is 5.66. The lowest BCUT2D eigenvalue weighted by atomic mass is 10.2. The molecule has 1 rings (SSSR count). The minimum Gasteiger partial charge on any atom is -0.389 e. The number of rotatable bonds is 5. The molecule has 1 heterocycles. The first kappa shape index (κ1) is 13.4. The number of aliphatic hydroxyl groups is 1. The molecule has 0 unspecified atom stereocenters. The number of pyridine rings is 1. The number of carbonyl (C=O) groups excluding carboxylic acids is 1. The molecule has 0 aliphatic carbocycles. The molecule has 17 heavy (non-hydrogen) atoms. The summed E-state index contributed by atoms with van der Waals surface area (Å²) in [5, 5.41) is 12.1. The van der Waals surface area contributed by atoms with Gasteiger partial charge in [0, 0.05) is 19.8 Å². The van der Waals surface area contributed by atoms with Gasteiger partial charge in [-0.1, -0.05) is 6.07 Å². The molecule has 0 aromatic carbocycles. The smallest absolute Gasteiger partial charge is 0.239 e. The lowest BCUT2D eigenvalue weighted by Crippen LogP contribution is -2.35. The number of hydrogen-bond donors (Lipinski definition) is 2. The highest BCUT2D eigenvalue weighted by Gasteiger charge is 2.08. The van der Waals surface area contributed by atoms with Crippen LogP contribution in [-0.4, -0.2) is 36.1 Å². The molecule has 1 amide bonds. The van der Waals surface area contributed by atoms with Crippen molar-refractivity contribution < 1.29 is 9.90 Å². The lowest BCUT2D eigenvalue weighted by molar-refractivity contribution is -0.119. The van der Waals surface area contributed by atoms with Crippen LogP contribution in [0, 0.1) is 0 Å². The Balaban J connectivity index is 2.63. The number of aliphatic hydroxyl groups excluding tert-OH is 1. The van der Waals surface area contributed by atoms with E-state index < -0.39 is 6.10 Å². The molecular weight excluding hydrogens is 218 g/mol. The van der Waals surface area contributed by atoms with Crippen molar-refractivity contribution in [2.75, 3.05) is 25.0 Å². The van der Waals surface area contributed by atoms with E-state index >= 15 is 0 Å². The average Bonchev–Trinajstić information content (AvgIpc) is 2.29. The van der Waals surface area contributed by atoms with Gasteiger partial charge < -0.3 is 15.3 Å². The maximum absolute atomic E-state index is 11.4. The highest BCUT2D eigenvalue weighted by atomic mass is 16.3. The Morgan fingerprint density at radius 1 is 1.59 bits per heavy atom. The van der Waals surface area contributed by atoms with Crippen molar-refractivity contribution >= 4 is 11.7 Å². The molecule has 1 aromatic heterocycles. The van der Waals surface area contributed by atoms with Gasteiger partial charge in [-0.05, 0) is 25.5 Å². The number of amides is 1. The van der Waals surface area contributed by atoms with Gasteiger partial charge in [0.15, 0.2) is 0 Å². The second-order valence-electron chi connectivity index (χ2n) is 3.94.